The zero-order valence-electron chi connectivity index (χ0n) is 14.2. The molecule has 2 aliphatic heterocycles. The average molecular weight is 471 g/mol. The SMILES string of the molecule is O=[N+]([O-])c1ccc(C2(O)CN(c3ccc(Cl)cc3)C3=[N+]2CCCS3)cc1.[Br-]. The Hall–Kier alpha value is -1.61. The maximum atomic E-state index is 11.5. The van der Waals surface area contributed by atoms with Crippen LogP contribution in [0, 0.1) is 10.1 Å². The predicted molar refractivity (Wildman–Crippen MR) is 103 cm³/mol. The molecule has 0 bridgehead atoms. The number of nitro groups is 1. The van der Waals surface area contributed by atoms with Gasteiger partial charge in [0.15, 0.2) is 6.54 Å². The summed E-state index contributed by atoms with van der Waals surface area (Å²) in [6.07, 6.45) is 0.970. The van der Waals surface area contributed by atoms with Crippen molar-refractivity contribution in [3.05, 3.63) is 69.2 Å². The van der Waals surface area contributed by atoms with E-state index >= 15 is 0 Å². The van der Waals surface area contributed by atoms with Crippen LogP contribution in [0.1, 0.15) is 12.0 Å². The molecule has 0 radical (unpaired) electrons. The van der Waals surface area contributed by atoms with Gasteiger partial charge in [-0.2, -0.15) is 0 Å². The Labute approximate surface area is 176 Å². The number of thioether (sulfide) groups is 1. The van der Waals surface area contributed by atoms with Crippen molar-refractivity contribution in [1.82, 2.24) is 0 Å². The summed E-state index contributed by atoms with van der Waals surface area (Å²) in [5.41, 5.74) is 0.403. The summed E-state index contributed by atoms with van der Waals surface area (Å²) >= 11 is 7.72. The van der Waals surface area contributed by atoms with Crippen LogP contribution in [0.4, 0.5) is 11.4 Å². The largest absolute Gasteiger partial charge is 1.00 e. The van der Waals surface area contributed by atoms with Crippen molar-refractivity contribution in [2.75, 3.05) is 23.7 Å². The third-order valence-corrected chi connectivity index (χ3v) is 6.17. The monoisotopic (exact) mass is 469 g/mol. The normalized spacial score (nSPS) is 21.6. The molecule has 142 valence electrons. The molecule has 2 aromatic carbocycles. The van der Waals surface area contributed by atoms with Gasteiger partial charge in [-0.1, -0.05) is 11.6 Å². The highest BCUT2D eigenvalue weighted by Gasteiger charge is 2.53. The average Bonchev–Trinajstić information content (AvgIpc) is 2.97. The van der Waals surface area contributed by atoms with Gasteiger partial charge in [0.2, 0.25) is 0 Å². The van der Waals surface area contributed by atoms with Crippen LogP contribution in [0.2, 0.25) is 5.02 Å². The van der Waals surface area contributed by atoms with Crippen LogP contribution < -0.4 is 21.9 Å². The van der Waals surface area contributed by atoms with Gasteiger partial charge in [0, 0.05) is 28.5 Å². The molecular weight excluding hydrogens is 454 g/mol. The number of hydrogen-bond donors (Lipinski definition) is 1. The second kappa shape index (κ2) is 7.79. The van der Waals surface area contributed by atoms with Crippen molar-refractivity contribution in [3.8, 4) is 0 Å². The van der Waals surface area contributed by atoms with Gasteiger partial charge in [-0.15, -0.1) is 0 Å². The van der Waals surface area contributed by atoms with Gasteiger partial charge >= 0.3 is 5.17 Å². The number of rotatable bonds is 3. The minimum Gasteiger partial charge on any atom is -1.00 e. The topological polar surface area (TPSA) is 69.6 Å². The van der Waals surface area contributed by atoms with Crippen LogP contribution in [-0.2, 0) is 5.72 Å². The van der Waals surface area contributed by atoms with Crippen LogP contribution in [0.25, 0.3) is 0 Å². The molecule has 0 saturated carbocycles. The first-order valence-corrected chi connectivity index (χ1v) is 9.63. The summed E-state index contributed by atoms with van der Waals surface area (Å²) in [5, 5.41) is 24.1. The summed E-state index contributed by atoms with van der Waals surface area (Å²) in [6.45, 7) is 1.09. The van der Waals surface area contributed by atoms with Crippen LogP contribution in [0.3, 0.4) is 0 Å². The molecule has 2 heterocycles. The Morgan fingerprint density at radius 2 is 1.85 bits per heavy atom. The minimum absolute atomic E-state index is 0. The number of aliphatic hydroxyl groups is 1. The fourth-order valence-electron chi connectivity index (χ4n) is 3.42. The van der Waals surface area contributed by atoms with E-state index in [0.717, 1.165) is 29.6 Å². The number of nitro benzene ring substituents is 1. The molecule has 2 aromatic rings. The lowest BCUT2D eigenvalue weighted by Gasteiger charge is -2.24. The third-order valence-electron chi connectivity index (χ3n) is 4.72. The van der Waals surface area contributed by atoms with Gasteiger partial charge in [-0.05, 0) is 54.6 Å². The molecule has 0 aliphatic carbocycles. The molecule has 0 amide bonds. The van der Waals surface area contributed by atoms with Gasteiger partial charge in [0.25, 0.3) is 11.4 Å². The number of halogens is 2. The molecule has 2 aliphatic rings. The summed E-state index contributed by atoms with van der Waals surface area (Å²) in [7, 11) is 0. The Morgan fingerprint density at radius 3 is 2.48 bits per heavy atom. The van der Waals surface area contributed by atoms with E-state index in [1.165, 1.54) is 12.1 Å². The highest BCUT2D eigenvalue weighted by Crippen LogP contribution is 2.38. The van der Waals surface area contributed by atoms with Crippen LogP contribution >= 0.6 is 23.4 Å². The second-order valence-corrected chi connectivity index (χ2v) is 7.82. The van der Waals surface area contributed by atoms with Crippen molar-refractivity contribution >= 4 is 39.9 Å². The van der Waals surface area contributed by atoms with Gasteiger partial charge in [0.05, 0.1) is 11.5 Å². The van der Waals surface area contributed by atoms with Crippen molar-refractivity contribution in [2.45, 2.75) is 12.1 Å². The Kier molecular flexibility index (Phi) is 5.81. The smallest absolute Gasteiger partial charge is 0.316 e. The number of anilines is 1. The lowest BCUT2D eigenvalue weighted by molar-refractivity contribution is -0.656. The molecule has 0 fully saturated rings. The van der Waals surface area contributed by atoms with E-state index in [4.69, 9.17) is 11.6 Å². The fraction of sp³-hybridized carbons (Fsp3) is 0.278. The molecule has 1 N–H and O–H groups in total. The first-order chi connectivity index (χ1) is 12.5. The lowest BCUT2D eigenvalue weighted by Crippen LogP contribution is -3.00. The molecule has 6 nitrogen and oxygen atoms in total. The van der Waals surface area contributed by atoms with Crippen molar-refractivity contribution in [3.63, 3.8) is 0 Å². The summed E-state index contributed by atoms with van der Waals surface area (Å²) in [5.74, 6) is 0.992. The van der Waals surface area contributed by atoms with E-state index in [1.807, 2.05) is 28.8 Å². The molecule has 0 spiro atoms. The zero-order chi connectivity index (χ0) is 18.3. The second-order valence-electron chi connectivity index (χ2n) is 6.32. The van der Waals surface area contributed by atoms with Gasteiger partial charge in [-0.25, -0.2) is 9.48 Å². The van der Waals surface area contributed by atoms with Crippen molar-refractivity contribution in [1.29, 1.82) is 0 Å². The van der Waals surface area contributed by atoms with Crippen LogP contribution in [0.5, 0.6) is 0 Å². The Bertz CT molecular complexity index is 892. The Balaban J connectivity index is 0.00000210. The van der Waals surface area contributed by atoms with E-state index in [9.17, 15) is 15.2 Å². The van der Waals surface area contributed by atoms with E-state index in [2.05, 4.69) is 4.90 Å². The molecule has 27 heavy (non-hydrogen) atoms. The summed E-state index contributed by atoms with van der Waals surface area (Å²) in [4.78, 5) is 12.6. The molecule has 4 rings (SSSR count). The maximum Gasteiger partial charge on any atom is 0.316 e. The summed E-state index contributed by atoms with van der Waals surface area (Å²) in [6, 6.07) is 13.7. The molecule has 1 atom stereocenters. The molecule has 0 aromatic heterocycles. The zero-order valence-corrected chi connectivity index (χ0v) is 17.4. The quantitative estimate of drug-likeness (QED) is 0.400. The van der Waals surface area contributed by atoms with Crippen LogP contribution in [-0.4, -0.2) is 38.6 Å². The number of benzene rings is 2. The number of non-ortho nitro benzene ring substituents is 1. The number of amidine groups is 1. The first-order valence-electron chi connectivity index (χ1n) is 8.27. The van der Waals surface area contributed by atoms with Gasteiger partial charge in [0.1, 0.15) is 5.69 Å². The van der Waals surface area contributed by atoms with Crippen molar-refractivity contribution in [2.24, 2.45) is 0 Å². The number of nitrogens with zero attached hydrogens (tertiary/aromatic N) is 3. The molecule has 9 heteroatoms. The lowest BCUT2D eigenvalue weighted by atomic mass is 10.0. The Morgan fingerprint density at radius 1 is 1.19 bits per heavy atom. The molecule has 0 saturated heterocycles. The van der Waals surface area contributed by atoms with E-state index in [0.29, 0.717) is 17.1 Å². The highest BCUT2D eigenvalue weighted by atomic mass is 79.9. The van der Waals surface area contributed by atoms with Crippen LogP contribution in [0.15, 0.2) is 48.5 Å². The predicted octanol–water partition coefficient (Wildman–Crippen LogP) is 0.423. The van der Waals surface area contributed by atoms with Gasteiger partial charge in [-0.3, -0.25) is 10.1 Å². The molecular formula is C18H17BrClN3O3S. The van der Waals surface area contributed by atoms with E-state index in [-0.39, 0.29) is 22.7 Å². The summed E-state index contributed by atoms with van der Waals surface area (Å²) < 4.78 is 2.00. The maximum absolute atomic E-state index is 11.5. The molecule has 1 unspecified atom stereocenters. The highest BCUT2D eigenvalue weighted by molar-refractivity contribution is 8.13. The number of β-amino-alcohol motifs (C(OH)–C–C–N with tert-alkyl or cyclic N) is 1. The van der Waals surface area contributed by atoms with Gasteiger partial charge < -0.3 is 22.1 Å². The van der Waals surface area contributed by atoms with Crippen molar-refractivity contribution < 1.29 is 31.6 Å². The first kappa shape index (κ1) is 20.1. The third kappa shape index (κ3) is 3.59. The van der Waals surface area contributed by atoms with E-state index in [1.54, 1.807) is 23.9 Å². The minimum atomic E-state index is -1.22. The van der Waals surface area contributed by atoms with E-state index < -0.39 is 10.6 Å². The fourth-order valence-corrected chi connectivity index (χ4v) is 4.73. The number of hydrogen-bond acceptors (Lipinski definition) is 5. The standard InChI is InChI=1S/C18H17ClN3O3S.BrH/c19-14-4-8-15(9-5-14)20-12-18(23,21-10-1-11-26-17(20)21)13-2-6-16(7-3-13)22(24)25;/h2-9,23H,1,10-12H2;1H/q+1;/p-1.